The van der Waals surface area contributed by atoms with Gasteiger partial charge < -0.3 is 14.8 Å². The van der Waals surface area contributed by atoms with E-state index >= 15 is 0 Å². The maximum absolute atomic E-state index is 12.6. The van der Waals surface area contributed by atoms with Gasteiger partial charge in [-0.2, -0.15) is 5.10 Å². The zero-order valence-corrected chi connectivity index (χ0v) is 20.0. The standard InChI is InChI=1S/C23H24N4O4S2/c1-16(25-26-23(32)24-18-6-10-20(30-2)11-7-18)17-4-14-22(15-5-17)33(28,29)27-19-8-12-21(31-3)13-9-19/h4-15,27H,1-3H3,(H2,24,26,32). The number of nitrogens with one attached hydrogen (secondary N) is 3. The van der Waals surface area contributed by atoms with E-state index in [2.05, 4.69) is 20.6 Å². The van der Waals surface area contributed by atoms with Crippen LogP contribution in [0.25, 0.3) is 0 Å². The Morgan fingerprint density at radius 1 is 0.818 bits per heavy atom. The molecule has 0 aliphatic heterocycles. The molecule has 3 rings (SSSR count). The van der Waals surface area contributed by atoms with Crippen molar-refractivity contribution in [2.75, 3.05) is 24.3 Å². The minimum atomic E-state index is -3.73. The molecule has 0 fully saturated rings. The normalized spacial score (nSPS) is 11.4. The summed E-state index contributed by atoms with van der Waals surface area (Å²) in [5.41, 5.74) is 5.40. The molecule has 0 aliphatic carbocycles. The second-order valence-electron chi connectivity index (χ2n) is 6.85. The molecule has 0 saturated carbocycles. The van der Waals surface area contributed by atoms with Crippen LogP contribution in [0.4, 0.5) is 11.4 Å². The smallest absolute Gasteiger partial charge is 0.261 e. The summed E-state index contributed by atoms with van der Waals surface area (Å²) >= 11 is 5.26. The van der Waals surface area contributed by atoms with Gasteiger partial charge in [-0.15, -0.1) is 0 Å². The number of anilines is 2. The highest BCUT2D eigenvalue weighted by Crippen LogP contribution is 2.20. The van der Waals surface area contributed by atoms with E-state index in [1.54, 1.807) is 57.5 Å². The maximum atomic E-state index is 12.6. The van der Waals surface area contributed by atoms with Crippen LogP contribution in [0.1, 0.15) is 12.5 Å². The van der Waals surface area contributed by atoms with Crippen LogP contribution in [0.3, 0.4) is 0 Å². The van der Waals surface area contributed by atoms with Crippen molar-refractivity contribution in [2.45, 2.75) is 11.8 Å². The number of thiocarbonyl (C=S) groups is 1. The number of methoxy groups -OCH3 is 2. The zero-order chi connectivity index (χ0) is 23.8. The van der Waals surface area contributed by atoms with E-state index in [4.69, 9.17) is 21.7 Å². The Balaban J connectivity index is 1.61. The molecule has 3 aromatic rings. The van der Waals surface area contributed by atoms with Crippen molar-refractivity contribution in [3.63, 3.8) is 0 Å². The van der Waals surface area contributed by atoms with Gasteiger partial charge in [-0.3, -0.25) is 10.1 Å². The lowest BCUT2D eigenvalue weighted by Gasteiger charge is -2.10. The maximum Gasteiger partial charge on any atom is 0.261 e. The van der Waals surface area contributed by atoms with Crippen LogP contribution in [0.5, 0.6) is 11.5 Å². The van der Waals surface area contributed by atoms with Crippen molar-refractivity contribution in [3.8, 4) is 11.5 Å². The van der Waals surface area contributed by atoms with Gasteiger partial charge in [0.1, 0.15) is 11.5 Å². The Morgan fingerprint density at radius 2 is 1.33 bits per heavy atom. The van der Waals surface area contributed by atoms with Crippen LogP contribution in [0.15, 0.2) is 82.8 Å². The zero-order valence-electron chi connectivity index (χ0n) is 18.3. The Hall–Kier alpha value is -3.63. The fourth-order valence-corrected chi connectivity index (χ4v) is 4.00. The molecule has 0 amide bonds. The molecule has 0 radical (unpaired) electrons. The van der Waals surface area contributed by atoms with Gasteiger partial charge in [-0.25, -0.2) is 8.42 Å². The lowest BCUT2D eigenvalue weighted by atomic mass is 10.1. The van der Waals surface area contributed by atoms with Gasteiger partial charge >= 0.3 is 0 Å². The van der Waals surface area contributed by atoms with Crippen molar-refractivity contribution in [3.05, 3.63) is 78.4 Å². The Morgan fingerprint density at radius 3 is 1.85 bits per heavy atom. The Labute approximate surface area is 198 Å². The van der Waals surface area contributed by atoms with Crippen molar-refractivity contribution in [1.29, 1.82) is 0 Å². The molecular formula is C23H24N4O4S2. The summed E-state index contributed by atoms with van der Waals surface area (Å²) in [7, 11) is -0.576. The molecule has 3 N–H and O–H groups in total. The third-order valence-electron chi connectivity index (χ3n) is 4.60. The van der Waals surface area contributed by atoms with Gasteiger partial charge in [-0.05, 0) is 85.4 Å². The summed E-state index contributed by atoms with van der Waals surface area (Å²) in [6.07, 6.45) is 0. The predicted octanol–water partition coefficient (Wildman–Crippen LogP) is 4.22. The molecule has 10 heteroatoms. The molecule has 0 bridgehead atoms. The summed E-state index contributed by atoms with van der Waals surface area (Å²) in [4.78, 5) is 0.138. The minimum Gasteiger partial charge on any atom is -0.497 e. The number of nitrogens with zero attached hydrogens (tertiary/aromatic N) is 1. The highest BCUT2D eigenvalue weighted by Gasteiger charge is 2.14. The van der Waals surface area contributed by atoms with Gasteiger partial charge in [-0.1, -0.05) is 12.1 Å². The van der Waals surface area contributed by atoms with Crippen molar-refractivity contribution < 1.29 is 17.9 Å². The van der Waals surface area contributed by atoms with Crippen LogP contribution in [-0.4, -0.2) is 33.5 Å². The van der Waals surface area contributed by atoms with Crippen molar-refractivity contribution in [2.24, 2.45) is 5.10 Å². The summed E-state index contributed by atoms with van der Waals surface area (Å²) < 4.78 is 38.0. The van der Waals surface area contributed by atoms with Gasteiger partial charge in [0.2, 0.25) is 0 Å². The largest absolute Gasteiger partial charge is 0.497 e. The molecule has 0 aromatic heterocycles. The van der Waals surface area contributed by atoms with Crippen LogP contribution < -0.4 is 24.9 Å². The number of rotatable bonds is 8. The molecule has 0 unspecified atom stereocenters. The van der Waals surface area contributed by atoms with E-state index in [0.717, 1.165) is 17.0 Å². The summed E-state index contributed by atoms with van der Waals surface area (Å²) in [5, 5.41) is 7.60. The van der Waals surface area contributed by atoms with Crippen LogP contribution in [0.2, 0.25) is 0 Å². The second-order valence-corrected chi connectivity index (χ2v) is 8.94. The first-order chi connectivity index (χ1) is 15.8. The molecule has 0 saturated heterocycles. The Kier molecular flexibility index (Phi) is 7.86. The first-order valence-corrected chi connectivity index (χ1v) is 11.7. The molecule has 8 nitrogen and oxygen atoms in total. The quantitative estimate of drug-likeness (QED) is 0.250. The fourth-order valence-electron chi connectivity index (χ4n) is 2.78. The molecule has 0 heterocycles. The number of benzene rings is 3. The van der Waals surface area contributed by atoms with Gasteiger partial charge in [0.25, 0.3) is 10.0 Å². The molecule has 0 spiro atoms. The van der Waals surface area contributed by atoms with E-state index in [1.807, 2.05) is 24.3 Å². The SMILES string of the molecule is COc1ccc(NC(=S)NN=C(C)c2ccc(S(=O)(=O)Nc3ccc(OC)cc3)cc2)cc1. The van der Waals surface area contributed by atoms with Crippen LogP contribution in [-0.2, 0) is 10.0 Å². The monoisotopic (exact) mass is 484 g/mol. The topological polar surface area (TPSA) is 101 Å². The number of hydrogen-bond donors (Lipinski definition) is 3. The molecule has 3 aromatic carbocycles. The lowest BCUT2D eigenvalue weighted by Crippen LogP contribution is -2.24. The molecule has 0 aliphatic rings. The summed E-state index contributed by atoms with van der Waals surface area (Å²) in [6, 6.07) is 20.4. The molecule has 0 atom stereocenters. The summed E-state index contributed by atoms with van der Waals surface area (Å²) in [5.74, 6) is 1.39. The third kappa shape index (κ3) is 6.67. The van der Waals surface area contributed by atoms with E-state index in [9.17, 15) is 8.42 Å². The van der Waals surface area contributed by atoms with E-state index in [-0.39, 0.29) is 4.90 Å². The van der Waals surface area contributed by atoms with Crippen LogP contribution >= 0.6 is 12.2 Å². The number of hydrogen-bond acceptors (Lipinski definition) is 6. The van der Waals surface area contributed by atoms with Crippen molar-refractivity contribution >= 4 is 44.4 Å². The molecule has 33 heavy (non-hydrogen) atoms. The summed E-state index contributed by atoms with van der Waals surface area (Å²) in [6.45, 7) is 1.79. The Bertz CT molecular complexity index is 1220. The number of hydrazone groups is 1. The van der Waals surface area contributed by atoms with E-state index in [1.165, 1.54) is 12.1 Å². The van der Waals surface area contributed by atoms with Gasteiger partial charge in [0.05, 0.1) is 24.8 Å². The highest BCUT2D eigenvalue weighted by atomic mass is 32.2. The fraction of sp³-hybridized carbons (Fsp3) is 0.130. The number of ether oxygens (including phenoxy) is 2. The van der Waals surface area contributed by atoms with Gasteiger partial charge in [0, 0.05) is 11.4 Å². The van der Waals surface area contributed by atoms with Crippen molar-refractivity contribution in [1.82, 2.24) is 5.43 Å². The first kappa shape index (κ1) is 24.0. The first-order valence-electron chi connectivity index (χ1n) is 9.83. The highest BCUT2D eigenvalue weighted by molar-refractivity contribution is 7.92. The van der Waals surface area contributed by atoms with Gasteiger partial charge in [0.15, 0.2) is 5.11 Å². The van der Waals surface area contributed by atoms with E-state index < -0.39 is 10.0 Å². The van der Waals surface area contributed by atoms with Crippen LogP contribution in [0, 0.1) is 0 Å². The second kappa shape index (κ2) is 10.8. The third-order valence-corrected chi connectivity index (χ3v) is 6.19. The molecule has 172 valence electrons. The van der Waals surface area contributed by atoms with E-state index in [0.29, 0.717) is 22.3 Å². The molecular weight excluding hydrogens is 460 g/mol. The lowest BCUT2D eigenvalue weighted by molar-refractivity contribution is 0.415. The minimum absolute atomic E-state index is 0.138. The predicted molar refractivity (Wildman–Crippen MR) is 135 cm³/mol. The number of sulfonamides is 1. The average Bonchev–Trinajstić information content (AvgIpc) is 2.83. The average molecular weight is 485 g/mol.